The summed E-state index contributed by atoms with van der Waals surface area (Å²) in [5.41, 5.74) is 0.252. The maximum Gasteiger partial charge on any atom is 0.326 e. The number of likely N-dealkylation sites (tertiary alicyclic amines) is 1. The normalized spacial score (nSPS) is 19.3. The minimum atomic E-state index is -0.980. The van der Waals surface area contributed by atoms with Gasteiger partial charge >= 0.3 is 5.97 Å². The fourth-order valence-corrected chi connectivity index (χ4v) is 2.64. The summed E-state index contributed by atoms with van der Waals surface area (Å²) in [5, 5.41) is 9.63. The Kier molecular flexibility index (Phi) is 4.32. The highest BCUT2D eigenvalue weighted by Gasteiger charge is 2.33. The molecule has 0 saturated carbocycles. The van der Waals surface area contributed by atoms with E-state index in [0.717, 1.165) is 12.8 Å². The lowest BCUT2D eigenvalue weighted by atomic mass is 10.0. The highest BCUT2D eigenvalue weighted by molar-refractivity contribution is 6.43. The molecule has 1 saturated heterocycles. The van der Waals surface area contributed by atoms with Gasteiger partial charge < -0.3 is 10.0 Å². The minimum absolute atomic E-state index is 0.170. The first kappa shape index (κ1) is 14.2. The second kappa shape index (κ2) is 5.80. The third-order valence-corrected chi connectivity index (χ3v) is 4.05. The maximum absolute atomic E-state index is 12.4. The molecule has 1 aromatic rings. The number of carbonyl (C=O) groups is 2. The Bertz CT molecular complexity index is 519. The number of hydrogen-bond donors (Lipinski definition) is 1. The van der Waals surface area contributed by atoms with Crippen LogP contribution in [0.5, 0.6) is 0 Å². The smallest absolute Gasteiger partial charge is 0.326 e. The Morgan fingerprint density at radius 2 is 2.00 bits per heavy atom. The van der Waals surface area contributed by atoms with Gasteiger partial charge in [-0.3, -0.25) is 4.79 Å². The Balaban J connectivity index is 2.31. The predicted octanol–water partition coefficient (Wildman–Crippen LogP) is 3.07. The molecule has 1 heterocycles. The van der Waals surface area contributed by atoms with Gasteiger partial charge in [-0.1, -0.05) is 29.3 Å². The van der Waals surface area contributed by atoms with Gasteiger partial charge in [0.1, 0.15) is 6.04 Å². The molecule has 19 heavy (non-hydrogen) atoms. The van der Waals surface area contributed by atoms with E-state index in [1.165, 1.54) is 4.90 Å². The van der Waals surface area contributed by atoms with Crippen molar-refractivity contribution in [2.75, 3.05) is 6.54 Å². The summed E-state index contributed by atoms with van der Waals surface area (Å²) < 4.78 is 0. The monoisotopic (exact) mass is 301 g/mol. The fourth-order valence-electron chi connectivity index (χ4n) is 2.26. The van der Waals surface area contributed by atoms with Gasteiger partial charge in [0.15, 0.2) is 0 Å². The van der Waals surface area contributed by atoms with Crippen LogP contribution in [0.25, 0.3) is 0 Å². The van der Waals surface area contributed by atoms with Crippen molar-refractivity contribution in [3.63, 3.8) is 0 Å². The summed E-state index contributed by atoms with van der Waals surface area (Å²) in [6, 6.07) is 3.99. The Morgan fingerprint density at radius 3 is 2.68 bits per heavy atom. The summed E-state index contributed by atoms with van der Waals surface area (Å²) in [4.78, 5) is 25.0. The van der Waals surface area contributed by atoms with E-state index in [0.29, 0.717) is 13.0 Å². The van der Waals surface area contributed by atoms with Crippen LogP contribution in [0.3, 0.4) is 0 Å². The number of halogens is 2. The number of benzene rings is 1. The van der Waals surface area contributed by atoms with Gasteiger partial charge in [0, 0.05) is 6.54 Å². The first-order chi connectivity index (χ1) is 9.02. The minimum Gasteiger partial charge on any atom is -0.480 e. The Hall–Kier alpha value is -1.26. The van der Waals surface area contributed by atoms with Crippen LogP contribution in [-0.2, 0) is 4.79 Å². The molecule has 0 unspecified atom stereocenters. The van der Waals surface area contributed by atoms with Crippen LogP contribution < -0.4 is 0 Å². The molecular formula is C13H13Cl2NO3. The van der Waals surface area contributed by atoms with Gasteiger partial charge in [-0.2, -0.15) is 0 Å². The lowest BCUT2D eigenvalue weighted by Crippen LogP contribution is -2.48. The number of carboxylic acids is 1. The third kappa shape index (κ3) is 2.85. The fraction of sp³-hybridized carbons (Fsp3) is 0.385. The largest absolute Gasteiger partial charge is 0.480 e. The topological polar surface area (TPSA) is 57.6 Å². The number of rotatable bonds is 2. The van der Waals surface area contributed by atoms with E-state index in [1.807, 2.05) is 0 Å². The van der Waals surface area contributed by atoms with Crippen molar-refractivity contribution in [3.8, 4) is 0 Å². The third-order valence-electron chi connectivity index (χ3n) is 3.23. The molecule has 2 rings (SSSR count). The first-order valence-electron chi connectivity index (χ1n) is 6.00. The van der Waals surface area contributed by atoms with E-state index in [-0.39, 0.29) is 21.5 Å². The first-order valence-corrected chi connectivity index (χ1v) is 6.75. The van der Waals surface area contributed by atoms with Crippen molar-refractivity contribution in [2.24, 2.45) is 0 Å². The van der Waals surface area contributed by atoms with Gasteiger partial charge in [-0.25, -0.2) is 4.79 Å². The highest BCUT2D eigenvalue weighted by atomic mass is 35.5. The van der Waals surface area contributed by atoms with Crippen molar-refractivity contribution in [1.82, 2.24) is 4.90 Å². The molecule has 1 fully saturated rings. The second-order valence-corrected chi connectivity index (χ2v) is 5.23. The van der Waals surface area contributed by atoms with Crippen LogP contribution in [0.2, 0.25) is 10.0 Å². The number of aliphatic carboxylic acids is 1. The van der Waals surface area contributed by atoms with Crippen LogP contribution in [0.15, 0.2) is 18.2 Å². The van der Waals surface area contributed by atoms with E-state index in [1.54, 1.807) is 18.2 Å². The molecule has 1 atom stereocenters. The lowest BCUT2D eigenvalue weighted by Gasteiger charge is -2.33. The molecule has 0 radical (unpaired) electrons. The number of amides is 1. The van der Waals surface area contributed by atoms with Crippen molar-refractivity contribution in [2.45, 2.75) is 25.3 Å². The quantitative estimate of drug-likeness (QED) is 0.913. The number of nitrogens with zero attached hydrogens (tertiary/aromatic N) is 1. The molecule has 1 aromatic carbocycles. The summed E-state index contributed by atoms with van der Waals surface area (Å²) in [5.74, 6) is -1.36. The molecular weight excluding hydrogens is 289 g/mol. The van der Waals surface area contributed by atoms with Crippen molar-refractivity contribution in [3.05, 3.63) is 33.8 Å². The summed E-state index contributed by atoms with van der Waals surface area (Å²) in [7, 11) is 0. The molecule has 102 valence electrons. The Morgan fingerprint density at radius 1 is 1.26 bits per heavy atom. The highest BCUT2D eigenvalue weighted by Crippen LogP contribution is 2.28. The van der Waals surface area contributed by atoms with Crippen LogP contribution in [-0.4, -0.2) is 34.5 Å². The van der Waals surface area contributed by atoms with E-state index in [4.69, 9.17) is 23.2 Å². The molecule has 0 spiro atoms. The SMILES string of the molecule is O=C(O)[C@H]1CCCCN1C(=O)c1cccc(Cl)c1Cl. The molecule has 6 heteroatoms. The maximum atomic E-state index is 12.4. The Labute approximate surface area is 120 Å². The van der Waals surface area contributed by atoms with Crippen LogP contribution in [0, 0.1) is 0 Å². The zero-order valence-electron chi connectivity index (χ0n) is 10.1. The van der Waals surface area contributed by atoms with Crippen LogP contribution >= 0.6 is 23.2 Å². The molecule has 0 bridgehead atoms. The predicted molar refractivity (Wildman–Crippen MR) is 72.8 cm³/mol. The lowest BCUT2D eigenvalue weighted by molar-refractivity contribution is -0.143. The molecule has 1 aliphatic rings. The zero-order valence-corrected chi connectivity index (χ0v) is 11.6. The standard InChI is InChI=1S/C13H13Cl2NO3/c14-9-5-3-4-8(11(9)15)12(17)16-7-2-1-6-10(16)13(18)19/h3-5,10H,1-2,6-7H2,(H,18,19)/t10-/m1/s1. The van der Waals surface area contributed by atoms with E-state index >= 15 is 0 Å². The van der Waals surface area contributed by atoms with Gasteiger partial charge in [0.25, 0.3) is 5.91 Å². The summed E-state index contributed by atoms with van der Waals surface area (Å²) in [6.45, 7) is 0.429. The molecule has 1 N–H and O–H groups in total. The molecule has 0 aromatic heterocycles. The zero-order chi connectivity index (χ0) is 14.0. The number of hydrogen-bond acceptors (Lipinski definition) is 2. The van der Waals surface area contributed by atoms with Gasteiger partial charge in [-0.15, -0.1) is 0 Å². The number of piperidine rings is 1. The second-order valence-electron chi connectivity index (χ2n) is 4.45. The van der Waals surface area contributed by atoms with Crippen molar-refractivity contribution < 1.29 is 14.7 Å². The number of carboxylic acid groups (broad SMARTS) is 1. The summed E-state index contributed by atoms with van der Waals surface area (Å²) >= 11 is 11.9. The molecule has 1 aliphatic heterocycles. The molecule has 1 amide bonds. The van der Waals surface area contributed by atoms with E-state index in [2.05, 4.69) is 0 Å². The summed E-state index contributed by atoms with van der Waals surface area (Å²) in [6.07, 6.45) is 2.08. The average molecular weight is 302 g/mol. The van der Waals surface area contributed by atoms with Crippen molar-refractivity contribution in [1.29, 1.82) is 0 Å². The van der Waals surface area contributed by atoms with Gasteiger partial charge in [0.2, 0.25) is 0 Å². The van der Waals surface area contributed by atoms with Gasteiger partial charge in [0.05, 0.1) is 15.6 Å². The average Bonchev–Trinajstić information content (AvgIpc) is 2.41. The molecule has 0 aliphatic carbocycles. The molecule has 4 nitrogen and oxygen atoms in total. The van der Waals surface area contributed by atoms with Crippen molar-refractivity contribution >= 4 is 35.1 Å². The van der Waals surface area contributed by atoms with Crippen LogP contribution in [0.4, 0.5) is 0 Å². The van der Waals surface area contributed by atoms with Crippen LogP contribution in [0.1, 0.15) is 29.6 Å². The van der Waals surface area contributed by atoms with E-state index < -0.39 is 12.0 Å². The number of carbonyl (C=O) groups excluding carboxylic acids is 1. The van der Waals surface area contributed by atoms with E-state index in [9.17, 15) is 14.7 Å². The van der Waals surface area contributed by atoms with Gasteiger partial charge in [-0.05, 0) is 31.4 Å².